The van der Waals surface area contributed by atoms with Gasteiger partial charge in [-0.15, -0.1) is 0 Å². The maximum absolute atomic E-state index is 8.72. The topological polar surface area (TPSA) is 40.5 Å². The van der Waals surface area contributed by atoms with Crippen molar-refractivity contribution in [2.45, 2.75) is 0 Å². The lowest BCUT2D eigenvalue weighted by Gasteiger charge is -2.31. The van der Waals surface area contributed by atoms with Crippen LogP contribution in [0.3, 0.4) is 0 Å². The smallest absolute Gasteiger partial charge is 0.102 e. The zero-order valence-electron chi connectivity index (χ0n) is 7.54. The average Bonchev–Trinajstić information content (AvgIpc) is 1.88. The van der Waals surface area contributed by atoms with Crippen molar-refractivity contribution in [3.8, 4) is 0 Å². The first-order chi connectivity index (χ1) is 5.18. The Hall–Kier alpha value is -0.0900. The molecule has 0 heterocycles. The Balaban J connectivity index is 0. The molecule has 0 unspecified atom stereocenters. The molecule has 0 rings (SSSR count). The van der Waals surface area contributed by atoms with Crippen LogP contribution in [0, 0.1) is 0 Å². The number of nitrogens with zero attached hydrogens (tertiary/aromatic N) is 1. The van der Waals surface area contributed by atoms with Crippen LogP contribution in [-0.2, 0) is 0 Å². The van der Waals surface area contributed by atoms with Gasteiger partial charge < -0.3 is 27.1 Å². The minimum Gasteiger partial charge on any atom is -1.00 e. The highest BCUT2D eigenvalue weighted by Crippen LogP contribution is 2.00. The van der Waals surface area contributed by atoms with Crippen LogP contribution >= 0.6 is 0 Å². The minimum absolute atomic E-state index is 0. The van der Waals surface area contributed by atoms with Crippen molar-refractivity contribution in [2.75, 3.05) is 39.9 Å². The molecule has 0 spiro atoms. The Bertz CT molecular complexity index is 114. The van der Waals surface area contributed by atoms with Crippen molar-refractivity contribution in [1.29, 1.82) is 0 Å². The number of likely N-dealkylation sites (N-methyl/N-ethyl adjacent to an activating group) is 1. The number of hydrogen-bond donors (Lipinski definition) is 2. The van der Waals surface area contributed by atoms with Gasteiger partial charge in [-0.25, -0.2) is 0 Å². The summed E-state index contributed by atoms with van der Waals surface area (Å²) in [7, 11) is 1.99. The van der Waals surface area contributed by atoms with E-state index in [1.165, 1.54) is 0 Å². The molecule has 12 heavy (non-hydrogen) atoms. The van der Waals surface area contributed by atoms with Crippen LogP contribution < -0.4 is 12.4 Å². The second kappa shape index (κ2) is 7.55. The summed E-state index contributed by atoms with van der Waals surface area (Å²) in [6.45, 7) is 6.08. The van der Waals surface area contributed by atoms with Gasteiger partial charge in [0.25, 0.3) is 0 Å². The molecule has 0 aromatic carbocycles. The molecule has 0 atom stereocenters. The standard InChI is InChI=1S/C8H18NO2.ClH/c1-3-4-9(2,5-7-10)6-8-11;/h3,10-11H,1,4-8H2,2H3;1H/q+1;/p-1. The number of hydrogen-bond acceptors (Lipinski definition) is 2. The molecule has 0 aliphatic carbocycles. The Morgan fingerprint density at radius 2 is 1.67 bits per heavy atom. The van der Waals surface area contributed by atoms with Gasteiger partial charge in [0.05, 0.1) is 26.8 Å². The third kappa shape index (κ3) is 5.55. The summed E-state index contributed by atoms with van der Waals surface area (Å²) in [6, 6.07) is 0. The molecule has 0 fully saturated rings. The van der Waals surface area contributed by atoms with E-state index in [4.69, 9.17) is 10.2 Å². The second-order valence-corrected chi connectivity index (χ2v) is 2.99. The quantitative estimate of drug-likeness (QED) is 0.343. The van der Waals surface area contributed by atoms with E-state index >= 15 is 0 Å². The fourth-order valence-corrected chi connectivity index (χ4v) is 1.09. The van der Waals surface area contributed by atoms with E-state index in [1.54, 1.807) is 0 Å². The predicted octanol–water partition coefficient (Wildman–Crippen LogP) is -3.39. The highest BCUT2D eigenvalue weighted by atomic mass is 35.5. The van der Waals surface area contributed by atoms with Gasteiger partial charge in [0, 0.05) is 0 Å². The zero-order valence-corrected chi connectivity index (χ0v) is 8.30. The lowest BCUT2D eigenvalue weighted by molar-refractivity contribution is -0.904. The van der Waals surface area contributed by atoms with Crippen molar-refractivity contribution in [1.82, 2.24) is 0 Å². The zero-order chi connectivity index (χ0) is 8.74. The van der Waals surface area contributed by atoms with Crippen molar-refractivity contribution >= 4 is 0 Å². The summed E-state index contributed by atoms with van der Waals surface area (Å²) in [5, 5.41) is 17.4. The number of quaternary nitrogens is 1. The molecular weight excluding hydrogens is 178 g/mol. The van der Waals surface area contributed by atoms with Crippen LogP contribution in [0.15, 0.2) is 12.7 Å². The second-order valence-electron chi connectivity index (χ2n) is 2.99. The summed E-state index contributed by atoms with van der Waals surface area (Å²) >= 11 is 0. The molecule has 0 radical (unpaired) electrons. The van der Waals surface area contributed by atoms with Gasteiger partial charge in [-0.1, -0.05) is 6.58 Å². The molecular formula is C8H18ClNO2. The molecule has 0 saturated heterocycles. The molecule has 3 nitrogen and oxygen atoms in total. The fraction of sp³-hybridized carbons (Fsp3) is 0.750. The first-order valence-electron chi connectivity index (χ1n) is 3.84. The third-order valence-corrected chi connectivity index (χ3v) is 1.85. The van der Waals surface area contributed by atoms with Gasteiger partial charge in [0.2, 0.25) is 0 Å². The van der Waals surface area contributed by atoms with Gasteiger partial charge in [0.1, 0.15) is 13.1 Å². The SMILES string of the molecule is C=CC[N+](C)(CCO)CCO.[Cl-]. The van der Waals surface area contributed by atoms with Crippen molar-refractivity contribution in [3.63, 3.8) is 0 Å². The summed E-state index contributed by atoms with van der Waals surface area (Å²) in [4.78, 5) is 0. The molecule has 4 heteroatoms. The number of aliphatic hydroxyl groups excluding tert-OH is 2. The monoisotopic (exact) mass is 195 g/mol. The maximum atomic E-state index is 8.72. The summed E-state index contributed by atoms with van der Waals surface area (Å²) in [6.07, 6.45) is 1.81. The van der Waals surface area contributed by atoms with E-state index in [2.05, 4.69) is 6.58 Å². The van der Waals surface area contributed by atoms with Crippen LogP contribution in [0.5, 0.6) is 0 Å². The lowest BCUT2D eigenvalue weighted by Crippen LogP contribution is -3.00. The van der Waals surface area contributed by atoms with E-state index in [9.17, 15) is 0 Å². The Kier molecular flexibility index (Phi) is 9.09. The van der Waals surface area contributed by atoms with Crippen molar-refractivity contribution < 1.29 is 27.1 Å². The fourth-order valence-electron chi connectivity index (χ4n) is 1.09. The van der Waals surface area contributed by atoms with Crippen LogP contribution in [0.2, 0.25) is 0 Å². The normalized spacial score (nSPS) is 10.6. The van der Waals surface area contributed by atoms with E-state index in [0.29, 0.717) is 17.6 Å². The van der Waals surface area contributed by atoms with Crippen molar-refractivity contribution in [2.24, 2.45) is 0 Å². The third-order valence-electron chi connectivity index (χ3n) is 1.85. The number of aliphatic hydroxyl groups is 2. The largest absolute Gasteiger partial charge is 1.00 e. The molecule has 0 aromatic heterocycles. The first kappa shape index (κ1) is 14.4. The Morgan fingerprint density at radius 3 is 1.92 bits per heavy atom. The lowest BCUT2D eigenvalue weighted by atomic mass is 10.3. The van der Waals surface area contributed by atoms with Crippen LogP contribution in [0.1, 0.15) is 0 Å². The number of rotatable bonds is 6. The van der Waals surface area contributed by atoms with Crippen LogP contribution in [0.4, 0.5) is 0 Å². The van der Waals surface area contributed by atoms with Gasteiger partial charge in [-0.2, -0.15) is 0 Å². The molecule has 0 saturated carbocycles. The molecule has 0 aliphatic heterocycles. The van der Waals surface area contributed by atoms with Crippen molar-refractivity contribution in [3.05, 3.63) is 12.7 Å². The minimum atomic E-state index is 0. The molecule has 0 bridgehead atoms. The highest BCUT2D eigenvalue weighted by Gasteiger charge is 2.17. The molecule has 0 aliphatic rings. The first-order valence-corrected chi connectivity index (χ1v) is 3.84. The van der Waals surface area contributed by atoms with E-state index in [1.807, 2.05) is 13.1 Å². The molecule has 0 aromatic rings. The summed E-state index contributed by atoms with van der Waals surface area (Å²) in [5.41, 5.74) is 0. The molecule has 74 valence electrons. The van der Waals surface area contributed by atoms with Crippen LogP contribution in [0.25, 0.3) is 0 Å². The number of halogens is 1. The van der Waals surface area contributed by atoms with Gasteiger partial charge in [-0.3, -0.25) is 0 Å². The Morgan fingerprint density at radius 1 is 1.25 bits per heavy atom. The molecule has 0 amide bonds. The Labute approximate surface area is 80.3 Å². The van der Waals surface area contributed by atoms with Crippen LogP contribution in [-0.4, -0.2) is 54.6 Å². The van der Waals surface area contributed by atoms with E-state index < -0.39 is 0 Å². The van der Waals surface area contributed by atoms with Gasteiger partial charge >= 0.3 is 0 Å². The van der Waals surface area contributed by atoms with Gasteiger partial charge in [-0.05, 0) is 6.08 Å². The predicted molar refractivity (Wildman–Crippen MR) is 45.2 cm³/mol. The van der Waals surface area contributed by atoms with E-state index in [-0.39, 0.29) is 25.6 Å². The highest BCUT2D eigenvalue weighted by molar-refractivity contribution is 4.65. The maximum Gasteiger partial charge on any atom is 0.102 e. The van der Waals surface area contributed by atoms with Gasteiger partial charge in [0.15, 0.2) is 0 Å². The average molecular weight is 196 g/mol. The molecule has 2 N–H and O–H groups in total. The van der Waals surface area contributed by atoms with E-state index in [0.717, 1.165) is 6.54 Å². The summed E-state index contributed by atoms with van der Waals surface area (Å²) < 4.78 is 0.663. The summed E-state index contributed by atoms with van der Waals surface area (Å²) in [5.74, 6) is 0.